The van der Waals surface area contributed by atoms with Crippen LogP contribution in [0.15, 0.2) is 47.5 Å². The SMILES string of the molecule is Cn1cc(-c2cc(=O)n(-c3ccc(OCC(F)(F)F)cc3)c(C(F)(F)C(F)(F)F)n2)cn1. The molecule has 14 heteroatoms. The molecular formula is C18H12F8N4O2. The van der Waals surface area contributed by atoms with Crippen molar-refractivity contribution in [3.8, 4) is 22.7 Å². The molecule has 3 rings (SSSR count). The molecule has 6 nitrogen and oxygen atoms in total. The smallest absolute Gasteiger partial charge is 0.461 e. The van der Waals surface area contributed by atoms with Crippen molar-refractivity contribution in [1.29, 1.82) is 0 Å². The molecule has 0 unspecified atom stereocenters. The van der Waals surface area contributed by atoms with E-state index in [2.05, 4.69) is 14.8 Å². The molecule has 32 heavy (non-hydrogen) atoms. The van der Waals surface area contributed by atoms with Gasteiger partial charge >= 0.3 is 18.3 Å². The first-order valence-electron chi connectivity index (χ1n) is 8.57. The molecular weight excluding hydrogens is 456 g/mol. The Hall–Kier alpha value is -3.45. The van der Waals surface area contributed by atoms with Crippen LogP contribution in [0.1, 0.15) is 5.82 Å². The van der Waals surface area contributed by atoms with Gasteiger partial charge in [-0.2, -0.15) is 40.2 Å². The molecule has 0 amide bonds. The fourth-order valence-electron chi connectivity index (χ4n) is 2.63. The zero-order valence-corrected chi connectivity index (χ0v) is 15.9. The minimum Gasteiger partial charge on any atom is -0.484 e. The summed E-state index contributed by atoms with van der Waals surface area (Å²) in [7, 11) is 1.46. The minimum absolute atomic E-state index is 0.0203. The first-order valence-corrected chi connectivity index (χ1v) is 8.57. The molecule has 0 spiro atoms. The van der Waals surface area contributed by atoms with Crippen LogP contribution in [0.3, 0.4) is 0 Å². The molecule has 2 aromatic heterocycles. The second kappa shape index (κ2) is 7.91. The Morgan fingerprint density at radius 3 is 2.12 bits per heavy atom. The fourth-order valence-corrected chi connectivity index (χ4v) is 2.63. The van der Waals surface area contributed by atoms with E-state index in [4.69, 9.17) is 0 Å². The number of hydrogen-bond acceptors (Lipinski definition) is 4. The molecule has 0 aliphatic carbocycles. The normalized spacial score (nSPS) is 12.8. The maximum Gasteiger partial charge on any atom is 0.461 e. The summed E-state index contributed by atoms with van der Waals surface area (Å²) in [6, 6.07) is 4.22. The predicted octanol–water partition coefficient (Wildman–Crippen LogP) is 4.23. The summed E-state index contributed by atoms with van der Waals surface area (Å²) in [5.74, 6) is -7.79. The van der Waals surface area contributed by atoms with Crippen molar-refractivity contribution in [1.82, 2.24) is 19.3 Å². The maximum atomic E-state index is 14.3. The summed E-state index contributed by atoms with van der Waals surface area (Å²) in [6.07, 6.45) is -8.36. The zero-order chi connectivity index (χ0) is 23.9. The van der Waals surface area contributed by atoms with E-state index < -0.39 is 47.6 Å². The van der Waals surface area contributed by atoms with Gasteiger partial charge in [-0.3, -0.25) is 14.0 Å². The molecule has 0 saturated carbocycles. The first-order chi connectivity index (χ1) is 14.7. The van der Waals surface area contributed by atoms with Crippen LogP contribution >= 0.6 is 0 Å². The number of rotatable bonds is 5. The van der Waals surface area contributed by atoms with Crippen molar-refractivity contribution in [3.05, 3.63) is 58.9 Å². The lowest BCUT2D eigenvalue weighted by molar-refractivity contribution is -0.293. The number of alkyl halides is 8. The predicted molar refractivity (Wildman–Crippen MR) is 93.5 cm³/mol. The second-order valence-corrected chi connectivity index (χ2v) is 6.51. The van der Waals surface area contributed by atoms with Gasteiger partial charge in [0.1, 0.15) is 5.75 Å². The van der Waals surface area contributed by atoms with Gasteiger partial charge in [-0.15, -0.1) is 0 Å². The van der Waals surface area contributed by atoms with Gasteiger partial charge in [0.15, 0.2) is 12.4 Å². The molecule has 172 valence electrons. The van der Waals surface area contributed by atoms with Crippen LogP contribution in [0.5, 0.6) is 5.75 Å². The van der Waals surface area contributed by atoms with Crippen molar-refractivity contribution >= 4 is 0 Å². The highest BCUT2D eigenvalue weighted by atomic mass is 19.4. The second-order valence-electron chi connectivity index (χ2n) is 6.51. The molecule has 0 aliphatic heterocycles. The Bertz CT molecular complexity index is 1160. The summed E-state index contributed by atoms with van der Waals surface area (Å²) < 4.78 is 110. The largest absolute Gasteiger partial charge is 0.484 e. The van der Waals surface area contributed by atoms with Crippen molar-refractivity contribution < 1.29 is 39.9 Å². The van der Waals surface area contributed by atoms with Gasteiger partial charge < -0.3 is 4.74 Å². The summed E-state index contributed by atoms with van der Waals surface area (Å²) in [5.41, 5.74) is -2.21. The van der Waals surface area contributed by atoms with Crippen molar-refractivity contribution in [2.24, 2.45) is 7.05 Å². The number of aromatic nitrogens is 4. The lowest BCUT2D eigenvalue weighted by Gasteiger charge is -2.23. The number of aryl methyl sites for hydroxylation is 1. The van der Waals surface area contributed by atoms with E-state index in [1.807, 2.05) is 0 Å². The third-order valence-corrected chi connectivity index (χ3v) is 4.05. The lowest BCUT2D eigenvalue weighted by Crippen LogP contribution is -2.40. The number of nitrogens with zero attached hydrogens (tertiary/aromatic N) is 4. The van der Waals surface area contributed by atoms with Crippen molar-refractivity contribution in [2.45, 2.75) is 18.3 Å². The van der Waals surface area contributed by atoms with Gasteiger partial charge in [-0.25, -0.2) is 4.98 Å². The van der Waals surface area contributed by atoms with E-state index in [1.54, 1.807) is 0 Å². The molecule has 3 aromatic rings. The van der Waals surface area contributed by atoms with Gasteiger partial charge in [-0.05, 0) is 24.3 Å². The molecule has 0 fully saturated rings. The summed E-state index contributed by atoms with van der Waals surface area (Å²) in [6.45, 7) is -1.65. The van der Waals surface area contributed by atoms with Gasteiger partial charge in [-0.1, -0.05) is 0 Å². The molecule has 0 saturated heterocycles. The zero-order valence-electron chi connectivity index (χ0n) is 15.9. The molecule has 0 N–H and O–H groups in total. The Morgan fingerprint density at radius 2 is 1.62 bits per heavy atom. The van der Waals surface area contributed by atoms with Crippen molar-refractivity contribution in [3.63, 3.8) is 0 Å². The highest BCUT2D eigenvalue weighted by Gasteiger charge is 2.62. The third kappa shape index (κ3) is 4.73. The standard InChI is InChI=1S/C18H12F8N4O2/c1-29-8-10(7-27-29)13-6-14(31)30(15(28-13)17(22,23)18(24,25)26)11-2-4-12(5-3-11)32-9-16(19,20)21/h2-8H,9H2,1H3. The van der Waals surface area contributed by atoms with Gasteiger partial charge in [0.25, 0.3) is 5.56 Å². The highest BCUT2D eigenvalue weighted by molar-refractivity contribution is 5.57. The van der Waals surface area contributed by atoms with E-state index in [-0.39, 0.29) is 15.9 Å². The number of hydrogen-bond donors (Lipinski definition) is 0. The Morgan fingerprint density at radius 1 is 1.00 bits per heavy atom. The average Bonchev–Trinajstić information content (AvgIpc) is 3.11. The molecule has 2 heterocycles. The lowest BCUT2D eigenvalue weighted by atomic mass is 10.2. The van der Waals surface area contributed by atoms with E-state index in [0.717, 1.165) is 36.5 Å². The first kappa shape index (κ1) is 23.2. The van der Waals surface area contributed by atoms with Crippen LogP contribution in [0.25, 0.3) is 16.9 Å². The Kier molecular flexibility index (Phi) is 5.74. The molecule has 0 bridgehead atoms. The molecule has 1 aromatic carbocycles. The van der Waals surface area contributed by atoms with E-state index in [1.165, 1.54) is 17.9 Å². The van der Waals surface area contributed by atoms with Gasteiger partial charge in [0, 0.05) is 24.9 Å². The summed E-state index contributed by atoms with van der Waals surface area (Å²) in [5, 5.41) is 3.75. The van der Waals surface area contributed by atoms with Crippen LogP contribution in [-0.4, -0.2) is 38.3 Å². The minimum atomic E-state index is -6.09. The van der Waals surface area contributed by atoms with E-state index >= 15 is 0 Å². The van der Waals surface area contributed by atoms with E-state index in [0.29, 0.717) is 0 Å². The molecule has 0 aliphatic rings. The van der Waals surface area contributed by atoms with Gasteiger partial charge in [0.05, 0.1) is 17.6 Å². The Labute approximate surface area is 173 Å². The van der Waals surface area contributed by atoms with Crippen LogP contribution in [0.4, 0.5) is 35.1 Å². The Balaban J connectivity index is 2.14. The monoisotopic (exact) mass is 468 g/mol. The van der Waals surface area contributed by atoms with Gasteiger partial charge in [0.2, 0.25) is 0 Å². The highest BCUT2D eigenvalue weighted by Crippen LogP contribution is 2.43. The van der Waals surface area contributed by atoms with Crippen LogP contribution < -0.4 is 10.3 Å². The molecule has 0 radical (unpaired) electrons. The van der Waals surface area contributed by atoms with Crippen molar-refractivity contribution in [2.75, 3.05) is 6.61 Å². The van der Waals surface area contributed by atoms with Crippen LogP contribution in [0.2, 0.25) is 0 Å². The number of benzene rings is 1. The van der Waals surface area contributed by atoms with Crippen LogP contribution in [-0.2, 0) is 13.0 Å². The molecule has 0 atom stereocenters. The maximum absolute atomic E-state index is 14.3. The average molecular weight is 468 g/mol. The summed E-state index contributed by atoms with van der Waals surface area (Å²) in [4.78, 5) is 16.0. The fraction of sp³-hybridized carbons (Fsp3) is 0.278. The number of halogens is 8. The topological polar surface area (TPSA) is 61.9 Å². The number of ether oxygens (including phenoxy) is 1. The third-order valence-electron chi connectivity index (χ3n) is 4.05. The van der Waals surface area contributed by atoms with E-state index in [9.17, 15) is 39.9 Å². The quantitative estimate of drug-likeness (QED) is 0.526. The summed E-state index contributed by atoms with van der Waals surface area (Å²) >= 11 is 0. The van der Waals surface area contributed by atoms with Crippen LogP contribution in [0, 0.1) is 0 Å².